The van der Waals surface area contributed by atoms with Crippen LogP contribution in [-0.2, 0) is 0 Å². The van der Waals surface area contributed by atoms with E-state index in [9.17, 15) is 0 Å². The molecule has 0 aliphatic heterocycles. The molecule has 2 N–H and O–H groups in total. The van der Waals surface area contributed by atoms with Crippen molar-refractivity contribution >= 4 is 5.69 Å². The third-order valence-corrected chi connectivity index (χ3v) is 2.07. The second-order valence-corrected chi connectivity index (χ2v) is 4.12. The van der Waals surface area contributed by atoms with Gasteiger partial charge >= 0.3 is 0 Å². The van der Waals surface area contributed by atoms with Crippen molar-refractivity contribution in [3.8, 4) is 5.75 Å². The topological polar surface area (TPSA) is 35.2 Å². The van der Waals surface area contributed by atoms with Gasteiger partial charge in [-0.15, -0.1) is 0 Å². The Bertz CT molecular complexity index is 305. The summed E-state index contributed by atoms with van der Waals surface area (Å²) in [7, 11) is 0. The van der Waals surface area contributed by atoms with Crippen LogP contribution in [0.2, 0.25) is 0 Å². The Morgan fingerprint density at radius 2 is 1.79 bits per heavy atom. The van der Waals surface area contributed by atoms with Crippen molar-refractivity contribution in [1.82, 2.24) is 0 Å². The first-order valence-corrected chi connectivity index (χ1v) is 5.06. The molecule has 0 radical (unpaired) electrons. The fraction of sp³-hybridized carbons (Fsp3) is 0.500. The maximum Gasteiger partial charge on any atom is 0.142 e. The molecule has 0 heterocycles. The van der Waals surface area contributed by atoms with Gasteiger partial charge < -0.3 is 10.5 Å². The van der Waals surface area contributed by atoms with Gasteiger partial charge in [0.05, 0.1) is 11.8 Å². The largest absolute Gasteiger partial charge is 0.489 e. The lowest BCUT2D eigenvalue weighted by atomic mass is 10.0. The van der Waals surface area contributed by atoms with E-state index in [0.29, 0.717) is 11.6 Å². The molecule has 2 heteroatoms. The van der Waals surface area contributed by atoms with Crippen LogP contribution in [0.1, 0.15) is 39.2 Å². The van der Waals surface area contributed by atoms with Gasteiger partial charge in [0.25, 0.3) is 0 Å². The lowest BCUT2D eigenvalue weighted by molar-refractivity contribution is 0.243. The summed E-state index contributed by atoms with van der Waals surface area (Å²) < 4.78 is 5.61. The van der Waals surface area contributed by atoms with Gasteiger partial charge in [-0.1, -0.05) is 19.9 Å². The van der Waals surface area contributed by atoms with Gasteiger partial charge in [0.2, 0.25) is 0 Å². The maximum atomic E-state index is 5.81. The monoisotopic (exact) mass is 193 g/mol. The molecule has 0 aliphatic rings. The normalized spacial score (nSPS) is 11.0. The van der Waals surface area contributed by atoms with Crippen LogP contribution in [0.5, 0.6) is 5.75 Å². The molecule has 0 aromatic heterocycles. The SMILES string of the molecule is CC(C)Oc1cc(C(C)C)ccc1N. The summed E-state index contributed by atoms with van der Waals surface area (Å²) in [6.07, 6.45) is 0.166. The average Bonchev–Trinajstić information content (AvgIpc) is 2.07. The van der Waals surface area contributed by atoms with Gasteiger partial charge in [-0.25, -0.2) is 0 Å². The standard InChI is InChI=1S/C12H19NO/c1-8(2)10-5-6-11(13)12(7-10)14-9(3)4/h5-9H,13H2,1-4H3. The second kappa shape index (κ2) is 4.36. The quantitative estimate of drug-likeness (QED) is 0.748. The lowest BCUT2D eigenvalue weighted by Crippen LogP contribution is -2.07. The van der Waals surface area contributed by atoms with Gasteiger partial charge in [0, 0.05) is 0 Å². The molecule has 0 unspecified atom stereocenters. The van der Waals surface area contributed by atoms with Crippen LogP contribution in [0.4, 0.5) is 5.69 Å². The molecule has 1 aromatic rings. The number of ether oxygens (including phenoxy) is 1. The van der Waals surface area contributed by atoms with Crippen LogP contribution in [0.25, 0.3) is 0 Å². The van der Waals surface area contributed by atoms with Crippen molar-refractivity contribution < 1.29 is 4.74 Å². The fourth-order valence-electron chi connectivity index (χ4n) is 1.27. The van der Waals surface area contributed by atoms with Crippen molar-refractivity contribution in [3.63, 3.8) is 0 Å². The van der Waals surface area contributed by atoms with Crippen LogP contribution < -0.4 is 10.5 Å². The van der Waals surface area contributed by atoms with E-state index in [4.69, 9.17) is 10.5 Å². The Hall–Kier alpha value is -1.18. The Kier molecular flexibility index (Phi) is 3.39. The Morgan fingerprint density at radius 1 is 1.14 bits per heavy atom. The zero-order chi connectivity index (χ0) is 10.7. The van der Waals surface area contributed by atoms with Gasteiger partial charge in [-0.3, -0.25) is 0 Å². The summed E-state index contributed by atoms with van der Waals surface area (Å²) in [5.74, 6) is 1.30. The molecule has 0 spiro atoms. The van der Waals surface area contributed by atoms with E-state index < -0.39 is 0 Å². The molecule has 0 saturated carbocycles. The number of anilines is 1. The number of hydrogen-bond donors (Lipinski definition) is 1. The van der Waals surface area contributed by atoms with Crippen molar-refractivity contribution in [2.45, 2.75) is 39.7 Å². The van der Waals surface area contributed by atoms with Gasteiger partial charge in [-0.05, 0) is 37.5 Å². The summed E-state index contributed by atoms with van der Waals surface area (Å²) in [4.78, 5) is 0. The summed E-state index contributed by atoms with van der Waals surface area (Å²) in [6, 6.07) is 5.99. The smallest absolute Gasteiger partial charge is 0.142 e. The van der Waals surface area contributed by atoms with Crippen LogP contribution >= 0.6 is 0 Å². The van der Waals surface area contributed by atoms with E-state index in [2.05, 4.69) is 13.8 Å². The molecule has 1 aromatic carbocycles. The van der Waals surface area contributed by atoms with Crippen LogP contribution in [0, 0.1) is 0 Å². The van der Waals surface area contributed by atoms with Crippen molar-refractivity contribution in [1.29, 1.82) is 0 Å². The molecular weight excluding hydrogens is 174 g/mol. The summed E-state index contributed by atoms with van der Waals surface area (Å²) >= 11 is 0. The molecule has 0 bridgehead atoms. The zero-order valence-electron chi connectivity index (χ0n) is 9.37. The van der Waals surface area contributed by atoms with Crippen LogP contribution in [-0.4, -0.2) is 6.10 Å². The highest BCUT2D eigenvalue weighted by atomic mass is 16.5. The predicted molar refractivity (Wildman–Crippen MR) is 60.7 cm³/mol. The van der Waals surface area contributed by atoms with Gasteiger partial charge in [0.1, 0.15) is 5.75 Å². The van der Waals surface area contributed by atoms with Gasteiger partial charge in [-0.2, -0.15) is 0 Å². The van der Waals surface area contributed by atoms with Crippen molar-refractivity contribution in [3.05, 3.63) is 23.8 Å². The van der Waals surface area contributed by atoms with E-state index in [1.807, 2.05) is 32.0 Å². The minimum Gasteiger partial charge on any atom is -0.489 e. The van der Waals surface area contributed by atoms with E-state index in [1.54, 1.807) is 0 Å². The maximum absolute atomic E-state index is 5.81. The molecule has 78 valence electrons. The zero-order valence-corrected chi connectivity index (χ0v) is 9.37. The molecule has 0 atom stereocenters. The van der Waals surface area contributed by atoms with E-state index >= 15 is 0 Å². The third kappa shape index (κ3) is 2.66. The average molecular weight is 193 g/mol. The minimum absolute atomic E-state index is 0.166. The van der Waals surface area contributed by atoms with Crippen molar-refractivity contribution in [2.75, 3.05) is 5.73 Å². The summed E-state index contributed by atoms with van der Waals surface area (Å²) in [5, 5.41) is 0. The lowest BCUT2D eigenvalue weighted by Gasteiger charge is -2.14. The third-order valence-electron chi connectivity index (χ3n) is 2.07. The molecular formula is C12H19NO. The van der Waals surface area contributed by atoms with E-state index in [-0.39, 0.29) is 6.10 Å². The first-order chi connectivity index (χ1) is 6.50. The number of nitrogens with two attached hydrogens (primary N) is 1. The Labute approximate surface area is 86.1 Å². The highest BCUT2D eigenvalue weighted by molar-refractivity contribution is 5.54. The number of nitrogen functional groups attached to an aromatic ring is 1. The van der Waals surface area contributed by atoms with Crippen molar-refractivity contribution in [2.24, 2.45) is 0 Å². The number of hydrogen-bond acceptors (Lipinski definition) is 2. The minimum atomic E-state index is 0.166. The highest BCUT2D eigenvalue weighted by Gasteiger charge is 2.06. The first-order valence-electron chi connectivity index (χ1n) is 5.06. The van der Waals surface area contributed by atoms with E-state index in [0.717, 1.165) is 5.75 Å². The van der Waals surface area contributed by atoms with Crippen LogP contribution in [0.15, 0.2) is 18.2 Å². The first kappa shape index (κ1) is 10.9. The molecule has 1 rings (SSSR count). The van der Waals surface area contributed by atoms with E-state index in [1.165, 1.54) is 5.56 Å². The predicted octanol–water partition coefficient (Wildman–Crippen LogP) is 3.18. The summed E-state index contributed by atoms with van der Waals surface area (Å²) in [5.41, 5.74) is 7.78. The van der Waals surface area contributed by atoms with Crippen LogP contribution in [0.3, 0.4) is 0 Å². The molecule has 2 nitrogen and oxygen atoms in total. The Balaban J connectivity index is 2.96. The fourth-order valence-corrected chi connectivity index (χ4v) is 1.27. The number of benzene rings is 1. The highest BCUT2D eigenvalue weighted by Crippen LogP contribution is 2.27. The van der Waals surface area contributed by atoms with Gasteiger partial charge in [0.15, 0.2) is 0 Å². The Morgan fingerprint density at radius 3 is 2.29 bits per heavy atom. The molecule has 0 amide bonds. The number of rotatable bonds is 3. The molecule has 0 aliphatic carbocycles. The molecule has 14 heavy (non-hydrogen) atoms. The second-order valence-electron chi connectivity index (χ2n) is 4.12. The molecule has 0 fully saturated rings. The molecule has 0 saturated heterocycles. The summed E-state index contributed by atoms with van der Waals surface area (Å²) in [6.45, 7) is 8.32.